The number of imide groups is 1. The number of hydrogen-bond acceptors (Lipinski definition) is 4. The molecule has 1 aliphatic heterocycles. The Labute approximate surface area is 97.2 Å². The normalized spacial score (nSPS) is 20.4. The minimum atomic E-state index is -0.658. The monoisotopic (exact) mass is 236 g/mol. The van der Waals surface area contributed by atoms with E-state index in [0.717, 1.165) is 0 Å². The molecular weight excluding hydrogens is 224 g/mol. The minimum absolute atomic E-state index is 0.115. The van der Waals surface area contributed by atoms with Crippen LogP contribution in [0.3, 0.4) is 0 Å². The maximum Gasteiger partial charge on any atom is 0.258 e. The van der Waals surface area contributed by atoms with Crippen LogP contribution in [0.1, 0.15) is 23.0 Å². The van der Waals surface area contributed by atoms with Crippen molar-refractivity contribution in [2.45, 2.75) is 19.9 Å². The van der Waals surface area contributed by atoms with Gasteiger partial charge in [-0.3, -0.25) is 24.8 Å². The summed E-state index contributed by atoms with van der Waals surface area (Å²) in [6.45, 7) is 3.17. The van der Waals surface area contributed by atoms with Gasteiger partial charge in [0.25, 0.3) is 5.91 Å². The van der Waals surface area contributed by atoms with Crippen molar-refractivity contribution in [2.24, 2.45) is 0 Å². The van der Waals surface area contributed by atoms with E-state index in [9.17, 15) is 14.4 Å². The van der Waals surface area contributed by atoms with Crippen LogP contribution in [0.15, 0.2) is 6.20 Å². The van der Waals surface area contributed by atoms with E-state index in [1.54, 1.807) is 13.8 Å². The quantitative estimate of drug-likeness (QED) is 0.624. The first-order chi connectivity index (χ1) is 8.00. The number of carbonyl (C=O) groups is 3. The summed E-state index contributed by atoms with van der Waals surface area (Å²) in [5, 5.41) is 8.56. The van der Waals surface area contributed by atoms with E-state index in [1.165, 1.54) is 11.1 Å². The lowest BCUT2D eigenvalue weighted by Crippen LogP contribution is -2.58. The molecular formula is C10H12N4O3. The number of nitrogens with one attached hydrogen (secondary N) is 2. The lowest BCUT2D eigenvalue weighted by Gasteiger charge is -2.31. The molecule has 7 heteroatoms. The van der Waals surface area contributed by atoms with Crippen LogP contribution >= 0.6 is 0 Å². The van der Waals surface area contributed by atoms with Crippen LogP contribution in [-0.4, -0.2) is 45.4 Å². The van der Waals surface area contributed by atoms with Crippen molar-refractivity contribution < 1.29 is 14.4 Å². The Balaban J connectivity index is 2.27. The minimum Gasteiger partial charge on any atom is -0.317 e. The molecule has 1 fully saturated rings. The molecule has 3 amide bonds. The Morgan fingerprint density at radius 2 is 2.24 bits per heavy atom. The Hall–Kier alpha value is -2.18. The molecule has 90 valence electrons. The second-order valence-electron chi connectivity index (χ2n) is 3.93. The van der Waals surface area contributed by atoms with Crippen LogP contribution in [-0.2, 0) is 9.59 Å². The molecule has 0 aromatic carbocycles. The van der Waals surface area contributed by atoms with Crippen molar-refractivity contribution in [1.82, 2.24) is 20.4 Å². The molecule has 7 nitrogen and oxygen atoms in total. The molecule has 0 radical (unpaired) electrons. The molecule has 1 aromatic heterocycles. The molecule has 1 aliphatic rings. The van der Waals surface area contributed by atoms with Gasteiger partial charge in [0.05, 0.1) is 11.8 Å². The molecule has 2 N–H and O–H groups in total. The van der Waals surface area contributed by atoms with Crippen LogP contribution in [0.25, 0.3) is 0 Å². The third-order valence-corrected chi connectivity index (χ3v) is 2.74. The first kappa shape index (κ1) is 11.3. The fraction of sp³-hybridized carbons (Fsp3) is 0.400. The van der Waals surface area contributed by atoms with E-state index in [0.29, 0.717) is 11.3 Å². The molecule has 1 saturated heterocycles. The molecule has 2 heterocycles. The van der Waals surface area contributed by atoms with Crippen LogP contribution in [0.4, 0.5) is 0 Å². The lowest BCUT2D eigenvalue weighted by molar-refractivity contribution is -0.138. The van der Waals surface area contributed by atoms with Gasteiger partial charge >= 0.3 is 0 Å². The Bertz CT molecular complexity index is 493. The maximum absolute atomic E-state index is 12.1. The van der Waals surface area contributed by atoms with Gasteiger partial charge in [0.15, 0.2) is 0 Å². The van der Waals surface area contributed by atoms with Gasteiger partial charge in [-0.25, -0.2) is 0 Å². The molecule has 1 unspecified atom stereocenters. The number of aromatic nitrogens is 2. The highest BCUT2D eigenvalue weighted by Gasteiger charge is 2.34. The number of aromatic amines is 1. The Kier molecular flexibility index (Phi) is 2.66. The summed E-state index contributed by atoms with van der Waals surface area (Å²) in [5.41, 5.74) is 0.986. The SMILES string of the molecule is Cc1[nH]ncc1C(=O)N1CC(=O)NC(=O)C1C. The summed E-state index contributed by atoms with van der Waals surface area (Å²) in [6, 6.07) is -0.658. The molecule has 0 aliphatic carbocycles. The number of amides is 3. The number of rotatable bonds is 1. The number of piperazine rings is 1. The number of nitrogens with zero attached hydrogens (tertiary/aromatic N) is 2. The van der Waals surface area contributed by atoms with Gasteiger partial charge in [-0.05, 0) is 13.8 Å². The average Bonchev–Trinajstić information content (AvgIpc) is 2.69. The predicted molar refractivity (Wildman–Crippen MR) is 57.0 cm³/mol. The van der Waals surface area contributed by atoms with Gasteiger partial charge in [0, 0.05) is 5.69 Å². The highest BCUT2D eigenvalue weighted by molar-refractivity contribution is 6.07. The molecule has 0 spiro atoms. The fourth-order valence-electron chi connectivity index (χ4n) is 1.68. The van der Waals surface area contributed by atoms with Gasteiger partial charge in [-0.15, -0.1) is 0 Å². The van der Waals surface area contributed by atoms with Gasteiger partial charge in [0.2, 0.25) is 11.8 Å². The summed E-state index contributed by atoms with van der Waals surface area (Å²) in [5.74, 6) is -1.30. The maximum atomic E-state index is 12.1. The lowest BCUT2D eigenvalue weighted by atomic mass is 10.1. The van der Waals surface area contributed by atoms with Crippen molar-refractivity contribution in [3.05, 3.63) is 17.5 Å². The van der Waals surface area contributed by atoms with Gasteiger partial charge in [-0.1, -0.05) is 0 Å². The highest BCUT2D eigenvalue weighted by atomic mass is 16.2. The number of H-pyrrole nitrogens is 1. The fourth-order valence-corrected chi connectivity index (χ4v) is 1.68. The van der Waals surface area contributed by atoms with Gasteiger partial charge in [-0.2, -0.15) is 5.10 Å². The molecule has 2 rings (SSSR count). The summed E-state index contributed by atoms with van der Waals surface area (Å²) < 4.78 is 0. The van der Waals surface area contributed by atoms with Crippen LogP contribution in [0.5, 0.6) is 0 Å². The van der Waals surface area contributed by atoms with Crippen LogP contribution < -0.4 is 5.32 Å². The summed E-state index contributed by atoms with van der Waals surface area (Å²) in [6.07, 6.45) is 1.39. The van der Waals surface area contributed by atoms with Crippen molar-refractivity contribution in [3.63, 3.8) is 0 Å². The average molecular weight is 236 g/mol. The zero-order chi connectivity index (χ0) is 12.6. The van der Waals surface area contributed by atoms with E-state index >= 15 is 0 Å². The van der Waals surface area contributed by atoms with Crippen molar-refractivity contribution >= 4 is 17.7 Å². The predicted octanol–water partition coefficient (Wildman–Crippen LogP) is -0.795. The van der Waals surface area contributed by atoms with Crippen LogP contribution in [0, 0.1) is 6.92 Å². The molecule has 1 atom stereocenters. The molecule has 1 aromatic rings. The number of carbonyl (C=O) groups excluding carboxylic acids is 3. The van der Waals surface area contributed by atoms with Crippen molar-refractivity contribution in [1.29, 1.82) is 0 Å². The zero-order valence-corrected chi connectivity index (χ0v) is 9.48. The molecule has 0 bridgehead atoms. The van der Waals surface area contributed by atoms with E-state index in [2.05, 4.69) is 15.5 Å². The van der Waals surface area contributed by atoms with Crippen molar-refractivity contribution in [2.75, 3.05) is 6.54 Å². The van der Waals surface area contributed by atoms with Crippen molar-refractivity contribution in [3.8, 4) is 0 Å². The second kappa shape index (κ2) is 4.00. The van der Waals surface area contributed by atoms with E-state index < -0.39 is 17.9 Å². The summed E-state index contributed by atoms with van der Waals surface area (Å²) in [4.78, 5) is 36.0. The molecule has 0 saturated carbocycles. The highest BCUT2D eigenvalue weighted by Crippen LogP contribution is 2.12. The number of hydrogen-bond donors (Lipinski definition) is 2. The van der Waals surface area contributed by atoms with E-state index in [-0.39, 0.29) is 12.5 Å². The summed E-state index contributed by atoms with van der Waals surface area (Å²) in [7, 11) is 0. The Morgan fingerprint density at radius 1 is 1.53 bits per heavy atom. The third kappa shape index (κ3) is 1.91. The van der Waals surface area contributed by atoms with E-state index in [1.807, 2.05) is 0 Å². The zero-order valence-electron chi connectivity index (χ0n) is 9.48. The smallest absolute Gasteiger partial charge is 0.258 e. The van der Waals surface area contributed by atoms with Gasteiger partial charge < -0.3 is 4.90 Å². The standard InChI is InChI=1S/C10H12N4O3/c1-5-7(3-11-13-5)10(17)14-4-8(15)12-9(16)6(14)2/h3,6H,4H2,1-2H3,(H,11,13)(H,12,15,16). The van der Waals surface area contributed by atoms with Gasteiger partial charge in [0.1, 0.15) is 12.6 Å². The van der Waals surface area contributed by atoms with Crippen LogP contribution in [0.2, 0.25) is 0 Å². The first-order valence-corrected chi connectivity index (χ1v) is 5.15. The third-order valence-electron chi connectivity index (χ3n) is 2.74. The Morgan fingerprint density at radius 3 is 2.82 bits per heavy atom. The largest absolute Gasteiger partial charge is 0.317 e. The molecule has 17 heavy (non-hydrogen) atoms. The second-order valence-corrected chi connectivity index (χ2v) is 3.93. The topological polar surface area (TPSA) is 95.2 Å². The summed E-state index contributed by atoms with van der Waals surface area (Å²) >= 11 is 0. The number of aryl methyl sites for hydroxylation is 1. The first-order valence-electron chi connectivity index (χ1n) is 5.15. The van der Waals surface area contributed by atoms with E-state index in [4.69, 9.17) is 0 Å².